The Kier molecular flexibility index (Phi) is 5.51. The summed E-state index contributed by atoms with van der Waals surface area (Å²) in [4.78, 5) is 11.9. The number of carbonyl (C=O) groups is 1. The Labute approximate surface area is 133 Å². The number of hydrogen-bond acceptors (Lipinski definition) is 2. The Balaban J connectivity index is 0.00000161. The smallest absolute Gasteiger partial charge is 0.220 e. The first-order chi connectivity index (χ1) is 9.72. The molecule has 0 spiro atoms. The van der Waals surface area contributed by atoms with Gasteiger partial charge >= 0.3 is 0 Å². The summed E-state index contributed by atoms with van der Waals surface area (Å²) >= 11 is 0. The molecule has 1 aromatic carbocycles. The second-order valence-corrected chi connectivity index (χ2v) is 6.44. The second-order valence-electron chi connectivity index (χ2n) is 6.44. The number of anilines is 1. The first-order valence-corrected chi connectivity index (χ1v) is 7.82. The summed E-state index contributed by atoms with van der Waals surface area (Å²) in [5.74, 6) is 2.73. The number of rotatable bonds is 5. The summed E-state index contributed by atoms with van der Waals surface area (Å²) in [5.41, 5.74) is 7.75. The van der Waals surface area contributed by atoms with Crippen molar-refractivity contribution in [1.82, 2.24) is 5.32 Å². The second kappa shape index (κ2) is 7.17. The van der Waals surface area contributed by atoms with Crippen molar-refractivity contribution in [3.8, 4) is 0 Å². The van der Waals surface area contributed by atoms with E-state index in [-0.39, 0.29) is 18.3 Å². The molecule has 0 aromatic heterocycles. The van der Waals surface area contributed by atoms with Crippen molar-refractivity contribution < 1.29 is 4.79 Å². The Morgan fingerprint density at radius 2 is 2.05 bits per heavy atom. The molecule has 2 saturated carbocycles. The minimum absolute atomic E-state index is 0. The molecule has 4 heteroatoms. The van der Waals surface area contributed by atoms with Gasteiger partial charge in [-0.3, -0.25) is 4.79 Å². The Morgan fingerprint density at radius 1 is 1.24 bits per heavy atom. The molecular formula is C17H25ClN2O. The van der Waals surface area contributed by atoms with Crippen molar-refractivity contribution in [2.75, 3.05) is 12.3 Å². The average Bonchev–Trinajstić information content (AvgIpc) is 3.06. The van der Waals surface area contributed by atoms with E-state index in [4.69, 9.17) is 5.73 Å². The highest BCUT2D eigenvalue weighted by atomic mass is 35.5. The molecule has 3 N–H and O–H groups in total. The number of aryl methyl sites for hydroxylation is 1. The molecule has 3 unspecified atom stereocenters. The van der Waals surface area contributed by atoms with Crippen LogP contribution in [-0.4, -0.2) is 12.5 Å². The zero-order chi connectivity index (χ0) is 13.9. The van der Waals surface area contributed by atoms with E-state index in [1.807, 2.05) is 24.3 Å². The van der Waals surface area contributed by atoms with Crippen LogP contribution in [0.3, 0.4) is 0 Å². The molecule has 2 aliphatic carbocycles. The van der Waals surface area contributed by atoms with Crippen molar-refractivity contribution in [3.05, 3.63) is 29.8 Å². The maximum Gasteiger partial charge on any atom is 0.220 e. The fourth-order valence-corrected chi connectivity index (χ4v) is 3.97. The van der Waals surface area contributed by atoms with Gasteiger partial charge in [0.25, 0.3) is 0 Å². The molecule has 2 aliphatic rings. The van der Waals surface area contributed by atoms with Gasteiger partial charge in [-0.1, -0.05) is 24.6 Å². The van der Waals surface area contributed by atoms with Gasteiger partial charge in [0.1, 0.15) is 0 Å². The van der Waals surface area contributed by atoms with E-state index in [1.165, 1.54) is 25.7 Å². The van der Waals surface area contributed by atoms with Crippen LogP contribution >= 0.6 is 12.4 Å². The molecule has 2 bridgehead atoms. The minimum Gasteiger partial charge on any atom is -0.399 e. The maximum atomic E-state index is 11.9. The van der Waals surface area contributed by atoms with Gasteiger partial charge in [-0.15, -0.1) is 12.4 Å². The summed E-state index contributed by atoms with van der Waals surface area (Å²) < 4.78 is 0. The molecule has 0 aliphatic heterocycles. The van der Waals surface area contributed by atoms with Crippen molar-refractivity contribution in [1.29, 1.82) is 0 Å². The molecule has 2 fully saturated rings. The van der Waals surface area contributed by atoms with Crippen LogP contribution in [0.4, 0.5) is 5.69 Å². The first kappa shape index (κ1) is 16.2. The van der Waals surface area contributed by atoms with E-state index in [9.17, 15) is 4.79 Å². The number of hydrogen-bond donors (Lipinski definition) is 2. The lowest BCUT2D eigenvalue weighted by atomic mass is 9.89. The number of nitrogens with two attached hydrogens (primary N) is 1. The van der Waals surface area contributed by atoms with Crippen molar-refractivity contribution in [2.45, 2.75) is 38.5 Å². The lowest BCUT2D eigenvalue weighted by Gasteiger charge is -2.21. The third kappa shape index (κ3) is 3.91. The standard InChI is InChI=1S/C17H24N2O.ClH/c18-16-4-2-1-3-13(16)7-8-17(20)19-11-15-10-12-5-6-14(15)9-12;/h1-4,12,14-15H,5-11,18H2,(H,19,20);1H. The summed E-state index contributed by atoms with van der Waals surface area (Å²) in [7, 11) is 0. The van der Waals surface area contributed by atoms with Crippen molar-refractivity contribution in [3.63, 3.8) is 0 Å². The number of benzene rings is 1. The van der Waals surface area contributed by atoms with Gasteiger partial charge < -0.3 is 11.1 Å². The van der Waals surface area contributed by atoms with Crippen LogP contribution < -0.4 is 11.1 Å². The highest BCUT2D eigenvalue weighted by molar-refractivity contribution is 5.85. The van der Waals surface area contributed by atoms with Gasteiger partial charge in [0, 0.05) is 18.7 Å². The number of fused-ring (bicyclic) bond motifs is 2. The monoisotopic (exact) mass is 308 g/mol. The van der Waals surface area contributed by atoms with Gasteiger partial charge in [-0.2, -0.15) is 0 Å². The molecular weight excluding hydrogens is 284 g/mol. The fourth-order valence-electron chi connectivity index (χ4n) is 3.97. The van der Waals surface area contributed by atoms with E-state index in [0.717, 1.165) is 42.0 Å². The fraction of sp³-hybridized carbons (Fsp3) is 0.588. The van der Waals surface area contributed by atoms with Crippen LogP contribution in [0.25, 0.3) is 0 Å². The van der Waals surface area contributed by atoms with E-state index >= 15 is 0 Å². The molecule has 1 amide bonds. The highest BCUT2D eigenvalue weighted by Crippen LogP contribution is 2.47. The molecule has 21 heavy (non-hydrogen) atoms. The largest absolute Gasteiger partial charge is 0.399 e. The lowest BCUT2D eigenvalue weighted by molar-refractivity contribution is -0.121. The van der Waals surface area contributed by atoms with Gasteiger partial charge in [0.05, 0.1) is 0 Å². The number of halogens is 1. The minimum atomic E-state index is 0. The summed E-state index contributed by atoms with van der Waals surface area (Å²) in [5, 5.41) is 3.12. The summed E-state index contributed by atoms with van der Waals surface area (Å²) in [6, 6.07) is 7.79. The van der Waals surface area contributed by atoms with Crippen molar-refractivity contribution in [2.24, 2.45) is 17.8 Å². The Bertz CT molecular complexity index is 491. The van der Waals surface area contributed by atoms with Crippen LogP contribution in [-0.2, 0) is 11.2 Å². The SMILES string of the molecule is Cl.Nc1ccccc1CCC(=O)NCC1CC2CCC1C2. The van der Waals surface area contributed by atoms with E-state index in [2.05, 4.69) is 5.32 Å². The molecule has 116 valence electrons. The maximum absolute atomic E-state index is 11.9. The highest BCUT2D eigenvalue weighted by Gasteiger charge is 2.39. The van der Waals surface area contributed by atoms with Gasteiger partial charge in [0.2, 0.25) is 5.91 Å². The number of nitrogen functional groups attached to an aromatic ring is 1. The van der Waals surface area contributed by atoms with Crippen LogP contribution in [0.15, 0.2) is 24.3 Å². The number of amides is 1. The van der Waals surface area contributed by atoms with E-state index in [1.54, 1.807) is 0 Å². The summed E-state index contributed by atoms with van der Waals surface area (Å²) in [6.45, 7) is 0.879. The Hall–Kier alpha value is -1.22. The van der Waals surface area contributed by atoms with E-state index < -0.39 is 0 Å². The third-order valence-electron chi connectivity index (χ3n) is 5.12. The zero-order valence-electron chi connectivity index (χ0n) is 12.4. The third-order valence-corrected chi connectivity index (χ3v) is 5.12. The van der Waals surface area contributed by atoms with Crippen LogP contribution in [0.2, 0.25) is 0 Å². The normalized spacial score (nSPS) is 26.4. The first-order valence-electron chi connectivity index (χ1n) is 7.82. The van der Waals surface area contributed by atoms with Crippen LogP contribution in [0.1, 0.15) is 37.7 Å². The van der Waals surface area contributed by atoms with Gasteiger partial charge in [-0.25, -0.2) is 0 Å². The molecule has 0 saturated heterocycles. The Morgan fingerprint density at radius 3 is 2.71 bits per heavy atom. The molecule has 1 aromatic rings. The number of nitrogens with one attached hydrogen (secondary N) is 1. The number of para-hydroxylation sites is 1. The molecule has 0 radical (unpaired) electrons. The van der Waals surface area contributed by atoms with Crippen molar-refractivity contribution >= 4 is 24.0 Å². The molecule has 3 nitrogen and oxygen atoms in total. The predicted molar refractivity (Wildman–Crippen MR) is 88.4 cm³/mol. The lowest BCUT2D eigenvalue weighted by Crippen LogP contribution is -2.31. The molecule has 3 atom stereocenters. The average molecular weight is 309 g/mol. The molecule has 3 rings (SSSR count). The van der Waals surface area contributed by atoms with Gasteiger partial charge in [0.15, 0.2) is 0 Å². The molecule has 0 heterocycles. The topological polar surface area (TPSA) is 55.1 Å². The quantitative estimate of drug-likeness (QED) is 0.821. The number of carbonyl (C=O) groups excluding carboxylic acids is 1. The van der Waals surface area contributed by atoms with Gasteiger partial charge in [-0.05, 0) is 55.1 Å². The predicted octanol–water partition coefficient (Wildman–Crippen LogP) is 3.18. The van der Waals surface area contributed by atoms with Crippen LogP contribution in [0, 0.1) is 17.8 Å². The van der Waals surface area contributed by atoms with E-state index in [0.29, 0.717) is 6.42 Å². The van der Waals surface area contributed by atoms with Crippen LogP contribution in [0.5, 0.6) is 0 Å². The zero-order valence-corrected chi connectivity index (χ0v) is 13.2. The summed E-state index contributed by atoms with van der Waals surface area (Å²) in [6.07, 6.45) is 6.80.